The van der Waals surface area contributed by atoms with Crippen LogP contribution in [0.4, 0.5) is 5.69 Å². The van der Waals surface area contributed by atoms with E-state index in [2.05, 4.69) is 5.32 Å². The van der Waals surface area contributed by atoms with Crippen LogP contribution in [0.3, 0.4) is 0 Å². The Hall–Kier alpha value is -2.44. The summed E-state index contributed by atoms with van der Waals surface area (Å²) in [4.78, 5) is 12.6. The van der Waals surface area contributed by atoms with E-state index in [1.54, 1.807) is 31.2 Å². The molecule has 1 aliphatic rings. The zero-order valence-corrected chi connectivity index (χ0v) is 16.2. The van der Waals surface area contributed by atoms with Gasteiger partial charge in [-0.15, -0.1) is 0 Å². The first kappa shape index (κ1) is 19.3. The van der Waals surface area contributed by atoms with Gasteiger partial charge in [-0.2, -0.15) is 4.31 Å². The van der Waals surface area contributed by atoms with Gasteiger partial charge in [0, 0.05) is 24.4 Å². The molecule has 1 amide bonds. The highest BCUT2D eigenvalue weighted by Gasteiger charge is 2.25. The Bertz CT molecular complexity index is 914. The largest absolute Gasteiger partial charge is 0.322 e. The van der Waals surface area contributed by atoms with Crippen LogP contribution in [0.2, 0.25) is 0 Å². The number of nitrogens with one attached hydrogen (secondary N) is 1. The second-order valence-electron chi connectivity index (χ2n) is 6.68. The monoisotopic (exact) mass is 384 g/mol. The number of sulfonamides is 1. The minimum Gasteiger partial charge on any atom is -0.322 e. The molecule has 0 saturated carbocycles. The molecule has 6 heteroatoms. The van der Waals surface area contributed by atoms with Crippen LogP contribution in [0.5, 0.6) is 0 Å². The molecule has 1 heterocycles. The standard InChI is InChI=1S/C21H24N2O3S/c1-17(16-18-8-4-2-5-9-18)21(24)22-19-10-12-20(13-11-19)27(25,26)23-14-6-3-7-15-23/h2,4-5,8-13,16H,3,6-7,14-15H2,1H3,(H,22,24)/b17-16-. The maximum absolute atomic E-state index is 12.7. The van der Waals surface area contributed by atoms with Crippen molar-refractivity contribution in [2.24, 2.45) is 0 Å². The van der Waals surface area contributed by atoms with E-state index in [-0.39, 0.29) is 10.8 Å². The molecule has 0 bridgehead atoms. The molecular weight excluding hydrogens is 360 g/mol. The lowest BCUT2D eigenvalue weighted by Crippen LogP contribution is -2.35. The molecule has 142 valence electrons. The lowest BCUT2D eigenvalue weighted by molar-refractivity contribution is -0.112. The molecule has 5 nitrogen and oxygen atoms in total. The number of amides is 1. The van der Waals surface area contributed by atoms with Gasteiger partial charge in [0.2, 0.25) is 10.0 Å². The van der Waals surface area contributed by atoms with Gasteiger partial charge in [0.1, 0.15) is 0 Å². The summed E-state index contributed by atoms with van der Waals surface area (Å²) < 4.78 is 26.9. The highest BCUT2D eigenvalue weighted by Crippen LogP contribution is 2.22. The number of nitrogens with zero attached hydrogens (tertiary/aromatic N) is 1. The van der Waals surface area contributed by atoms with Crippen molar-refractivity contribution in [3.05, 3.63) is 65.7 Å². The van der Waals surface area contributed by atoms with E-state index in [0.717, 1.165) is 24.8 Å². The smallest absolute Gasteiger partial charge is 0.251 e. The average Bonchev–Trinajstić information content (AvgIpc) is 2.70. The Morgan fingerprint density at radius 1 is 0.963 bits per heavy atom. The molecule has 0 radical (unpaired) electrons. The van der Waals surface area contributed by atoms with Crippen molar-refractivity contribution < 1.29 is 13.2 Å². The van der Waals surface area contributed by atoms with Crippen LogP contribution < -0.4 is 5.32 Å². The number of piperidine rings is 1. The first-order valence-corrected chi connectivity index (χ1v) is 10.6. The fourth-order valence-electron chi connectivity index (χ4n) is 3.06. The third-order valence-electron chi connectivity index (χ3n) is 4.61. The lowest BCUT2D eigenvalue weighted by Gasteiger charge is -2.25. The Balaban J connectivity index is 1.68. The summed E-state index contributed by atoms with van der Waals surface area (Å²) in [5.41, 5.74) is 2.10. The molecule has 1 aliphatic heterocycles. The predicted molar refractivity (Wildman–Crippen MR) is 108 cm³/mol. The molecule has 1 N–H and O–H groups in total. The van der Waals surface area contributed by atoms with Gasteiger partial charge in [0.25, 0.3) is 5.91 Å². The number of carbonyl (C=O) groups is 1. The van der Waals surface area contributed by atoms with Crippen molar-refractivity contribution in [2.45, 2.75) is 31.1 Å². The summed E-state index contributed by atoms with van der Waals surface area (Å²) in [7, 11) is -3.46. The van der Waals surface area contributed by atoms with Gasteiger partial charge in [-0.25, -0.2) is 8.42 Å². The minimum absolute atomic E-state index is 0.217. The second kappa shape index (κ2) is 8.50. The average molecular weight is 385 g/mol. The molecule has 3 rings (SSSR count). The van der Waals surface area contributed by atoms with Crippen LogP contribution in [0.25, 0.3) is 6.08 Å². The van der Waals surface area contributed by atoms with Gasteiger partial charge in [-0.1, -0.05) is 36.8 Å². The fraction of sp³-hybridized carbons (Fsp3) is 0.286. The number of benzene rings is 2. The maximum Gasteiger partial charge on any atom is 0.251 e. The van der Waals surface area contributed by atoms with Crippen LogP contribution in [-0.4, -0.2) is 31.7 Å². The SMILES string of the molecule is C/C(=C/c1ccccc1)C(=O)Nc1ccc(S(=O)(=O)N2CCCCC2)cc1. The minimum atomic E-state index is -3.46. The Labute approximate surface area is 160 Å². The Kier molecular flexibility index (Phi) is 6.08. The van der Waals surface area contributed by atoms with Crippen molar-refractivity contribution in [1.29, 1.82) is 0 Å². The number of carbonyl (C=O) groups excluding carboxylic acids is 1. The molecule has 1 fully saturated rings. The second-order valence-corrected chi connectivity index (χ2v) is 8.62. The number of hydrogen-bond acceptors (Lipinski definition) is 3. The van der Waals surface area contributed by atoms with E-state index in [0.29, 0.717) is 24.4 Å². The third kappa shape index (κ3) is 4.84. The van der Waals surface area contributed by atoms with Gasteiger partial charge in [0.05, 0.1) is 4.90 Å². The molecular formula is C21H24N2O3S. The van der Waals surface area contributed by atoms with E-state index < -0.39 is 10.0 Å². The zero-order chi connectivity index (χ0) is 19.3. The molecule has 0 atom stereocenters. The van der Waals surface area contributed by atoms with E-state index in [4.69, 9.17) is 0 Å². The summed E-state index contributed by atoms with van der Waals surface area (Å²) in [5.74, 6) is -0.217. The zero-order valence-electron chi connectivity index (χ0n) is 15.4. The van der Waals surface area contributed by atoms with Gasteiger partial charge in [0.15, 0.2) is 0 Å². The normalized spacial score (nSPS) is 16.1. The van der Waals surface area contributed by atoms with Crippen LogP contribution in [-0.2, 0) is 14.8 Å². The van der Waals surface area contributed by atoms with E-state index >= 15 is 0 Å². The quantitative estimate of drug-likeness (QED) is 0.795. The summed E-state index contributed by atoms with van der Waals surface area (Å²) >= 11 is 0. The first-order valence-electron chi connectivity index (χ1n) is 9.12. The Morgan fingerprint density at radius 2 is 1.59 bits per heavy atom. The molecule has 0 aromatic heterocycles. The first-order chi connectivity index (χ1) is 13.0. The number of hydrogen-bond donors (Lipinski definition) is 1. The highest BCUT2D eigenvalue weighted by atomic mass is 32.2. The van der Waals surface area contributed by atoms with Crippen LogP contribution >= 0.6 is 0 Å². The topological polar surface area (TPSA) is 66.5 Å². The molecule has 0 unspecified atom stereocenters. The van der Waals surface area contributed by atoms with E-state index in [1.807, 2.05) is 36.4 Å². The third-order valence-corrected chi connectivity index (χ3v) is 6.52. The van der Waals surface area contributed by atoms with Crippen LogP contribution in [0.15, 0.2) is 65.1 Å². The predicted octanol–water partition coefficient (Wildman–Crippen LogP) is 3.90. The molecule has 0 aliphatic carbocycles. The fourth-order valence-corrected chi connectivity index (χ4v) is 4.58. The van der Waals surface area contributed by atoms with Crippen molar-refractivity contribution in [1.82, 2.24) is 4.31 Å². The summed E-state index contributed by atoms with van der Waals surface area (Å²) in [5, 5.41) is 2.80. The van der Waals surface area contributed by atoms with Crippen molar-refractivity contribution in [2.75, 3.05) is 18.4 Å². The van der Waals surface area contributed by atoms with Crippen LogP contribution in [0.1, 0.15) is 31.7 Å². The van der Waals surface area contributed by atoms with Gasteiger partial charge in [-0.3, -0.25) is 4.79 Å². The number of rotatable bonds is 5. The van der Waals surface area contributed by atoms with Gasteiger partial charge >= 0.3 is 0 Å². The van der Waals surface area contributed by atoms with Gasteiger partial charge < -0.3 is 5.32 Å². The van der Waals surface area contributed by atoms with Crippen LogP contribution in [0, 0.1) is 0 Å². The van der Waals surface area contributed by atoms with Crippen molar-refractivity contribution in [3.63, 3.8) is 0 Å². The molecule has 27 heavy (non-hydrogen) atoms. The van der Waals surface area contributed by atoms with Gasteiger partial charge in [-0.05, 0) is 55.7 Å². The van der Waals surface area contributed by atoms with Crippen molar-refractivity contribution >= 4 is 27.7 Å². The maximum atomic E-state index is 12.7. The van der Waals surface area contributed by atoms with E-state index in [1.165, 1.54) is 4.31 Å². The summed E-state index contributed by atoms with van der Waals surface area (Å²) in [6, 6.07) is 16.0. The Morgan fingerprint density at radius 3 is 2.22 bits per heavy atom. The highest BCUT2D eigenvalue weighted by molar-refractivity contribution is 7.89. The summed E-state index contributed by atoms with van der Waals surface area (Å²) in [6.07, 6.45) is 4.69. The molecule has 1 saturated heterocycles. The number of anilines is 1. The van der Waals surface area contributed by atoms with E-state index in [9.17, 15) is 13.2 Å². The lowest BCUT2D eigenvalue weighted by atomic mass is 10.1. The van der Waals surface area contributed by atoms with Crippen molar-refractivity contribution in [3.8, 4) is 0 Å². The molecule has 2 aromatic carbocycles. The molecule has 2 aromatic rings. The summed E-state index contributed by atoms with van der Waals surface area (Å²) in [6.45, 7) is 2.89. The molecule has 0 spiro atoms.